The summed E-state index contributed by atoms with van der Waals surface area (Å²) in [6.07, 6.45) is 0.929. The van der Waals surface area contributed by atoms with Crippen LogP contribution in [0.5, 0.6) is 0 Å². The van der Waals surface area contributed by atoms with E-state index >= 15 is 0 Å². The van der Waals surface area contributed by atoms with Crippen molar-refractivity contribution < 1.29 is 14.8 Å². The van der Waals surface area contributed by atoms with Crippen LogP contribution in [0.3, 0.4) is 0 Å². The van der Waals surface area contributed by atoms with Crippen molar-refractivity contribution in [3.05, 3.63) is 65.2 Å². The van der Waals surface area contributed by atoms with Crippen molar-refractivity contribution >= 4 is 17.5 Å². The molecule has 2 aromatic carbocycles. The van der Waals surface area contributed by atoms with Gasteiger partial charge in [0.15, 0.2) is 0 Å². The van der Waals surface area contributed by atoms with Crippen LogP contribution in [0.4, 0.5) is 5.69 Å². The number of anilines is 1. The van der Waals surface area contributed by atoms with Crippen LogP contribution in [0.2, 0.25) is 0 Å². The molecule has 0 aromatic heterocycles. The number of carbonyl (C=O) groups excluding carboxylic acids is 2. The molecule has 2 aromatic rings. The minimum Gasteiger partial charge on any atom is -0.311 e. The van der Waals surface area contributed by atoms with Gasteiger partial charge in [-0.05, 0) is 48.4 Å². The Balaban J connectivity index is 2.17. The van der Waals surface area contributed by atoms with Gasteiger partial charge in [0.05, 0.1) is 0 Å². The third kappa shape index (κ3) is 3.32. The zero-order valence-corrected chi connectivity index (χ0v) is 12.5. The zero-order valence-electron chi connectivity index (χ0n) is 12.5. The molecule has 0 aliphatic carbocycles. The van der Waals surface area contributed by atoms with E-state index in [1.54, 1.807) is 36.8 Å². The van der Waals surface area contributed by atoms with Crippen LogP contribution in [0.15, 0.2) is 48.5 Å². The molecular weight excluding hydrogens is 280 g/mol. The van der Waals surface area contributed by atoms with Gasteiger partial charge in [0, 0.05) is 23.9 Å². The monoisotopic (exact) mass is 298 g/mol. The van der Waals surface area contributed by atoms with Gasteiger partial charge >= 0.3 is 0 Å². The zero-order chi connectivity index (χ0) is 16.1. The van der Waals surface area contributed by atoms with Crippen molar-refractivity contribution in [3.63, 3.8) is 0 Å². The van der Waals surface area contributed by atoms with Gasteiger partial charge in [-0.15, -0.1) is 0 Å². The lowest BCUT2D eigenvalue weighted by molar-refractivity contribution is 0.0706. The van der Waals surface area contributed by atoms with E-state index in [1.807, 2.05) is 24.3 Å². The molecule has 2 amide bonds. The van der Waals surface area contributed by atoms with Crippen LogP contribution < -0.4 is 10.4 Å². The van der Waals surface area contributed by atoms with E-state index in [1.165, 1.54) is 10.5 Å². The average molecular weight is 298 g/mol. The smallest absolute Gasteiger partial charge is 0.274 e. The summed E-state index contributed by atoms with van der Waals surface area (Å²) in [5.41, 5.74) is 4.34. The number of carbonyl (C=O) groups is 2. The highest BCUT2D eigenvalue weighted by Gasteiger charge is 2.14. The van der Waals surface area contributed by atoms with Gasteiger partial charge in [-0.2, -0.15) is 0 Å². The number of amides is 2. The Morgan fingerprint density at radius 3 is 2.05 bits per heavy atom. The van der Waals surface area contributed by atoms with Gasteiger partial charge < -0.3 is 4.90 Å². The standard InChI is InChI=1S/C17H18N2O3/c1-3-12-4-6-14(7-5-12)17(21)19(2)15-10-8-13(9-11-15)16(20)18-22/h4-11,22H,3H2,1-2H3,(H,18,20). The summed E-state index contributed by atoms with van der Waals surface area (Å²) < 4.78 is 0. The highest BCUT2D eigenvalue weighted by Crippen LogP contribution is 2.17. The summed E-state index contributed by atoms with van der Waals surface area (Å²) in [5, 5.41) is 8.58. The fraction of sp³-hybridized carbons (Fsp3) is 0.176. The molecule has 2 rings (SSSR count). The number of hydrogen-bond donors (Lipinski definition) is 2. The maximum absolute atomic E-state index is 12.4. The van der Waals surface area contributed by atoms with Gasteiger partial charge in [0.25, 0.3) is 11.8 Å². The second-order valence-electron chi connectivity index (χ2n) is 4.90. The molecule has 0 atom stereocenters. The maximum atomic E-state index is 12.4. The Labute approximate surface area is 129 Å². The summed E-state index contributed by atoms with van der Waals surface area (Å²) >= 11 is 0. The third-order valence-electron chi connectivity index (χ3n) is 3.53. The molecule has 0 fully saturated rings. The predicted molar refractivity (Wildman–Crippen MR) is 84.2 cm³/mol. The SMILES string of the molecule is CCc1ccc(C(=O)N(C)c2ccc(C(=O)NO)cc2)cc1. The first-order valence-electron chi connectivity index (χ1n) is 6.98. The lowest BCUT2D eigenvalue weighted by Crippen LogP contribution is -2.26. The van der Waals surface area contributed by atoms with Crippen LogP contribution in [0.1, 0.15) is 33.2 Å². The number of nitrogens with one attached hydrogen (secondary N) is 1. The lowest BCUT2D eigenvalue weighted by Gasteiger charge is -2.18. The summed E-state index contributed by atoms with van der Waals surface area (Å²) in [4.78, 5) is 25.2. The Morgan fingerprint density at radius 2 is 1.55 bits per heavy atom. The molecule has 22 heavy (non-hydrogen) atoms. The van der Waals surface area contributed by atoms with Gasteiger partial charge in [0.1, 0.15) is 0 Å². The molecule has 0 heterocycles. The van der Waals surface area contributed by atoms with Gasteiger partial charge in [-0.3, -0.25) is 14.8 Å². The Morgan fingerprint density at radius 1 is 1.00 bits per heavy atom. The Hall–Kier alpha value is -2.66. The molecule has 0 radical (unpaired) electrons. The van der Waals surface area contributed by atoms with E-state index < -0.39 is 5.91 Å². The number of nitrogens with zero attached hydrogens (tertiary/aromatic N) is 1. The van der Waals surface area contributed by atoms with Gasteiger partial charge in [-0.1, -0.05) is 19.1 Å². The molecule has 0 spiro atoms. The second kappa shape index (κ2) is 6.87. The molecular formula is C17H18N2O3. The summed E-state index contributed by atoms with van der Waals surface area (Å²) in [5.74, 6) is -0.710. The van der Waals surface area contributed by atoms with Crippen LogP contribution in [-0.4, -0.2) is 24.1 Å². The number of hydroxylamine groups is 1. The van der Waals surface area contributed by atoms with Crippen LogP contribution >= 0.6 is 0 Å². The minimum atomic E-state index is -0.587. The first kappa shape index (κ1) is 15.7. The lowest BCUT2D eigenvalue weighted by atomic mass is 10.1. The minimum absolute atomic E-state index is 0.123. The van der Waals surface area contributed by atoms with E-state index in [2.05, 4.69) is 6.92 Å². The van der Waals surface area contributed by atoms with Crippen LogP contribution in [0, 0.1) is 0 Å². The molecule has 0 saturated heterocycles. The fourth-order valence-corrected chi connectivity index (χ4v) is 2.09. The quantitative estimate of drug-likeness (QED) is 0.673. The molecule has 5 nitrogen and oxygen atoms in total. The van der Waals surface area contributed by atoms with E-state index in [0.717, 1.165) is 6.42 Å². The second-order valence-corrected chi connectivity index (χ2v) is 4.90. The van der Waals surface area contributed by atoms with E-state index in [4.69, 9.17) is 5.21 Å². The van der Waals surface area contributed by atoms with Crippen molar-refractivity contribution in [2.24, 2.45) is 0 Å². The molecule has 0 saturated carbocycles. The summed E-state index contributed by atoms with van der Waals surface area (Å²) in [7, 11) is 1.68. The average Bonchev–Trinajstić information content (AvgIpc) is 2.60. The Bertz CT molecular complexity index is 663. The molecule has 114 valence electrons. The van der Waals surface area contributed by atoms with Crippen molar-refractivity contribution in [2.75, 3.05) is 11.9 Å². The molecule has 0 bridgehead atoms. The van der Waals surface area contributed by atoms with Gasteiger partial charge in [0.2, 0.25) is 0 Å². The summed E-state index contributed by atoms with van der Waals surface area (Å²) in [6.45, 7) is 2.06. The largest absolute Gasteiger partial charge is 0.311 e. The van der Waals surface area contributed by atoms with E-state index in [9.17, 15) is 9.59 Å². The molecule has 0 aliphatic heterocycles. The van der Waals surface area contributed by atoms with Crippen molar-refractivity contribution in [1.82, 2.24) is 5.48 Å². The maximum Gasteiger partial charge on any atom is 0.274 e. The fourth-order valence-electron chi connectivity index (χ4n) is 2.09. The normalized spacial score (nSPS) is 10.1. The van der Waals surface area contributed by atoms with Gasteiger partial charge in [-0.25, -0.2) is 5.48 Å². The van der Waals surface area contributed by atoms with Crippen molar-refractivity contribution in [2.45, 2.75) is 13.3 Å². The highest BCUT2D eigenvalue weighted by molar-refractivity contribution is 6.06. The van der Waals surface area contributed by atoms with Crippen LogP contribution in [0.25, 0.3) is 0 Å². The number of hydrogen-bond acceptors (Lipinski definition) is 3. The number of benzene rings is 2. The van der Waals surface area contributed by atoms with E-state index in [0.29, 0.717) is 16.8 Å². The predicted octanol–water partition coefficient (Wildman–Crippen LogP) is 2.64. The first-order valence-corrected chi connectivity index (χ1v) is 6.98. The van der Waals surface area contributed by atoms with E-state index in [-0.39, 0.29) is 5.91 Å². The van der Waals surface area contributed by atoms with Crippen LogP contribution in [-0.2, 0) is 6.42 Å². The molecule has 2 N–H and O–H groups in total. The number of aryl methyl sites for hydroxylation is 1. The Kier molecular flexibility index (Phi) is 4.91. The number of rotatable bonds is 4. The molecule has 5 heteroatoms. The third-order valence-corrected chi connectivity index (χ3v) is 3.53. The molecule has 0 aliphatic rings. The summed E-state index contributed by atoms with van der Waals surface area (Å²) in [6, 6.07) is 13.9. The van der Waals surface area contributed by atoms with Crippen molar-refractivity contribution in [1.29, 1.82) is 0 Å². The van der Waals surface area contributed by atoms with Crippen molar-refractivity contribution in [3.8, 4) is 0 Å². The highest BCUT2D eigenvalue weighted by atomic mass is 16.5. The molecule has 0 unspecified atom stereocenters. The topological polar surface area (TPSA) is 69.6 Å². The first-order chi connectivity index (χ1) is 10.6.